The summed E-state index contributed by atoms with van der Waals surface area (Å²) in [5.41, 5.74) is 3.93. The lowest BCUT2D eigenvalue weighted by Gasteiger charge is -2.32. The minimum atomic E-state index is -0.0420. The maximum atomic E-state index is 13.4. The second-order valence-electron chi connectivity index (χ2n) is 8.57. The number of nitrogens with zero attached hydrogens (tertiary/aromatic N) is 2. The second kappa shape index (κ2) is 11.2. The first-order chi connectivity index (χ1) is 16.9. The van der Waals surface area contributed by atoms with E-state index in [1.165, 1.54) is 10.3 Å². The number of rotatable bonds is 9. The topological polar surface area (TPSA) is 70.1 Å². The highest BCUT2D eigenvalue weighted by Crippen LogP contribution is 2.40. The van der Waals surface area contributed by atoms with Gasteiger partial charge >= 0.3 is 0 Å². The highest BCUT2D eigenvalue weighted by atomic mass is 32.1. The zero-order chi connectivity index (χ0) is 24.9. The number of thiazole rings is 1. The van der Waals surface area contributed by atoms with E-state index in [0.29, 0.717) is 60.9 Å². The van der Waals surface area contributed by atoms with Crippen molar-refractivity contribution in [3.63, 3.8) is 0 Å². The Labute approximate surface area is 211 Å². The first-order valence-electron chi connectivity index (χ1n) is 12.3. The summed E-state index contributed by atoms with van der Waals surface area (Å²) in [6.45, 7) is 12.6. The van der Waals surface area contributed by atoms with E-state index < -0.39 is 0 Å². The molecule has 35 heavy (non-hydrogen) atoms. The van der Waals surface area contributed by atoms with E-state index in [4.69, 9.17) is 23.9 Å². The number of aryl methyl sites for hydroxylation is 2. The van der Waals surface area contributed by atoms with Crippen LogP contribution in [0.2, 0.25) is 0 Å². The van der Waals surface area contributed by atoms with Crippen LogP contribution in [0, 0.1) is 13.8 Å². The predicted octanol–water partition coefficient (Wildman–Crippen LogP) is 5.79. The Morgan fingerprint density at radius 1 is 0.971 bits per heavy atom. The van der Waals surface area contributed by atoms with Crippen LogP contribution < -0.4 is 18.9 Å². The molecule has 7 nitrogen and oxygen atoms in total. The van der Waals surface area contributed by atoms with Gasteiger partial charge in [0.05, 0.1) is 30.0 Å². The lowest BCUT2D eigenvalue weighted by molar-refractivity contribution is 0.0594. The molecule has 0 atom stereocenters. The summed E-state index contributed by atoms with van der Waals surface area (Å²) >= 11 is 1.60. The van der Waals surface area contributed by atoms with Crippen molar-refractivity contribution in [2.75, 3.05) is 32.9 Å². The molecule has 0 saturated carbocycles. The Morgan fingerprint density at radius 2 is 1.57 bits per heavy atom. The number of likely N-dealkylation sites (tertiary alicyclic amines) is 1. The maximum Gasteiger partial charge on any atom is 0.274 e. The van der Waals surface area contributed by atoms with E-state index in [2.05, 4.69) is 26.0 Å². The summed E-state index contributed by atoms with van der Waals surface area (Å²) in [6, 6.07) is 7.74. The van der Waals surface area contributed by atoms with Crippen molar-refractivity contribution in [3.05, 3.63) is 41.0 Å². The molecule has 1 amide bonds. The zero-order valence-electron chi connectivity index (χ0n) is 21.2. The van der Waals surface area contributed by atoms with Gasteiger partial charge in [-0.25, -0.2) is 4.98 Å². The van der Waals surface area contributed by atoms with Gasteiger partial charge in [-0.3, -0.25) is 4.79 Å². The largest absolute Gasteiger partial charge is 0.490 e. The molecule has 1 saturated heterocycles. The average Bonchev–Trinajstić information content (AvgIpc) is 3.29. The van der Waals surface area contributed by atoms with Gasteiger partial charge in [0, 0.05) is 31.5 Å². The van der Waals surface area contributed by atoms with Gasteiger partial charge in [-0.1, -0.05) is 23.5 Å². The smallest absolute Gasteiger partial charge is 0.274 e. The number of carbonyl (C=O) groups excluding carboxylic acids is 1. The molecular formula is C27H34N2O5S. The van der Waals surface area contributed by atoms with Gasteiger partial charge in [0.15, 0.2) is 11.5 Å². The van der Waals surface area contributed by atoms with Crippen molar-refractivity contribution in [1.82, 2.24) is 9.88 Å². The van der Waals surface area contributed by atoms with E-state index in [1.54, 1.807) is 23.5 Å². The van der Waals surface area contributed by atoms with Crippen LogP contribution in [-0.4, -0.2) is 54.8 Å². The Bertz CT molecular complexity index is 1120. The molecule has 3 aromatic rings. The number of benzene rings is 2. The van der Waals surface area contributed by atoms with Gasteiger partial charge in [0.1, 0.15) is 6.10 Å². The van der Waals surface area contributed by atoms with Crippen molar-refractivity contribution in [1.29, 1.82) is 0 Å². The lowest BCUT2D eigenvalue weighted by atomic mass is 10.1. The summed E-state index contributed by atoms with van der Waals surface area (Å²) in [6.07, 6.45) is 1.55. The van der Waals surface area contributed by atoms with Gasteiger partial charge in [-0.05, 0) is 57.9 Å². The Kier molecular flexibility index (Phi) is 8.00. The van der Waals surface area contributed by atoms with Crippen LogP contribution in [0.3, 0.4) is 0 Å². The third kappa shape index (κ3) is 5.48. The molecule has 1 aliphatic heterocycles. The Morgan fingerprint density at radius 3 is 2.14 bits per heavy atom. The molecule has 1 aliphatic rings. The third-order valence-corrected chi connectivity index (χ3v) is 7.16. The monoisotopic (exact) mass is 498 g/mol. The number of hydrogen-bond acceptors (Lipinski definition) is 7. The van der Waals surface area contributed by atoms with E-state index in [0.717, 1.165) is 23.9 Å². The molecule has 0 N–H and O–H groups in total. The van der Waals surface area contributed by atoms with Crippen molar-refractivity contribution < 1.29 is 23.7 Å². The summed E-state index contributed by atoms with van der Waals surface area (Å²) in [4.78, 5) is 20.0. The van der Waals surface area contributed by atoms with Crippen LogP contribution in [0.1, 0.15) is 55.1 Å². The van der Waals surface area contributed by atoms with Crippen LogP contribution in [0.25, 0.3) is 10.2 Å². The number of fused-ring (bicyclic) bond motifs is 1. The van der Waals surface area contributed by atoms with Gasteiger partial charge in [0.25, 0.3) is 11.1 Å². The first kappa shape index (κ1) is 25.1. The predicted molar refractivity (Wildman–Crippen MR) is 139 cm³/mol. The summed E-state index contributed by atoms with van der Waals surface area (Å²) in [7, 11) is 0. The molecule has 188 valence electrons. The molecule has 0 spiro atoms. The number of ether oxygens (including phenoxy) is 4. The normalized spacial score (nSPS) is 14.3. The summed E-state index contributed by atoms with van der Waals surface area (Å²) in [5.74, 6) is 1.56. The molecule has 1 aromatic heterocycles. The number of carbonyl (C=O) groups is 1. The minimum absolute atomic E-state index is 0.0403. The number of amides is 1. The fraction of sp³-hybridized carbons (Fsp3) is 0.481. The van der Waals surface area contributed by atoms with Gasteiger partial charge < -0.3 is 23.8 Å². The van der Waals surface area contributed by atoms with Crippen LogP contribution >= 0.6 is 11.3 Å². The average molecular weight is 499 g/mol. The van der Waals surface area contributed by atoms with Crippen molar-refractivity contribution in [2.24, 2.45) is 0 Å². The summed E-state index contributed by atoms with van der Waals surface area (Å²) < 4.78 is 24.7. The number of piperidine rings is 1. The van der Waals surface area contributed by atoms with Gasteiger partial charge in [0.2, 0.25) is 5.75 Å². The molecular weight excluding hydrogens is 464 g/mol. The lowest BCUT2D eigenvalue weighted by Crippen LogP contribution is -2.41. The summed E-state index contributed by atoms with van der Waals surface area (Å²) in [5, 5.41) is 0.705. The molecule has 8 heteroatoms. The number of hydrogen-bond donors (Lipinski definition) is 0. The van der Waals surface area contributed by atoms with Crippen LogP contribution in [-0.2, 0) is 0 Å². The Hall–Kier alpha value is -3.00. The molecule has 0 bridgehead atoms. The molecule has 0 aliphatic carbocycles. The highest BCUT2D eigenvalue weighted by molar-refractivity contribution is 7.20. The van der Waals surface area contributed by atoms with Crippen LogP contribution in [0.5, 0.6) is 22.4 Å². The van der Waals surface area contributed by atoms with Crippen LogP contribution in [0.15, 0.2) is 24.3 Å². The standard InChI is InChI=1S/C27H34N2O5S/c1-6-31-21-15-19(16-22(32-7-2)24(21)33-8-3)26(30)29-13-11-20(12-14-29)34-27-28-23-17(4)9-10-18(5)25(23)35-27/h9-10,15-16,20H,6-8,11-14H2,1-5H3. The fourth-order valence-corrected chi connectivity index (χ4v) is 5.33. The van der Waals surface area contributed by atoms with E-state index in [-0.39, 0.29) is 12.0 Å². The van der Waals surface area contributed by atoms with Crippen molar-refractivity contribution in [2.45, 2.75) is 53.6 Å². The SMILES string of the molecule is CCOc1cc(C(=O)N2CCC(Oc3nc4c(C)ccc(C)c4s3)CC2)cc(OCC)c1OCC. The highest BCUT2D eigenvalue weighted by Gasteiger charge is 2.27. The molecule has 4 rings (SSSR count). The molecule has 1 fully saturated rings. The molecule has 2 aromatic carbocycles. The van der Waals surface area contributed by atoms with Crippen LogP contribution in [0.4, 0.5) is 0 Å². The maximum absolute atomic E-state index is 13.4. The van der Waals surface area contributed by atoms with Gasteiger partial charge in [-0.15, -0.1) is 0 Å². The third-order valence-electron chi connectivity index (χ3n) is 6.08. The molecule has 0 radical (unpaired) electrons. The van der Waals surface area contributed by atoms with Crippen molar-refractivity contribution >= 4 is 27.5 Å². The first-order valence-corrected chi connectivity index (χ1v) is 13.2. The fourth-order valence-electron chi connectivity index (χ4n) is 4.30. The second-order valence-corrected chi connectivity index (χ2v) is 9.53. The van der Waals surface area contributed by atoms with E-state index in [1.807, 2.05) is 25.7 Å². The van der Waals surface area contributed by atoms with E-state index >= 15 is 0 Å². The molecule has 2 heterocycles. The van der Waals surface area contributed by atoms with Gasteiger partial charge in [-0.2, -0.15) is 0 Å². The Balaban J connectivity index is 1.45. The quantitative estimate of drug-likeness (QED) is 0.372. The number of aromatic nitrogens is 1. The minimum Gasteiger partial charge on any atom is -0.490 e. The van der Waals surface area contributed by atoms with Crippen molar-refractivity contribution in [3.8, 4) is 22.4 Å². The zero-order valence-corrected chi connectivity index (χ0v) is 22.0. The van der Waals surface area contributed by atoms with E-state index in [9.17, 15) is 4.79 Å². The molecule has 0 unspecified atom stereocenters.